The lowest BCUT2D eigenvalue weighted by Crippen LogP contribution is -2.24. The van der Waals surface area contributed by atoms with E-state index in [4.69, 9.17) is 0 Å². The van der Waals surface area contributed by atoms with Crippen LogP contribution in [-0.2, 0) is 11.3 Å². The average Bonchev–Trinajstić information content (AvgIpc) is 2.94. The zero-order valence-corrected chi connectivity index (χ0v) is 12.2. The number of nitrogens with one attached hydrogen (secondary N) is 1. The zero-order valence-electron chi connectivity index (χ0n) is 11.4. The highest BCUT2D eigenvalue weighted by atomic mass is 32.1. The van der Waals surface area contributed by atoms with Gasteiger partial charge in [-0.05, 0) is 23.1 Å². The number of rotatable bonds is 4. The molecule has 1 aromatic heterocycles. The van der Waals surface area contributed by atoms with Crippen LogP contribution in [0.15, 0.2) is 41.8 Å². The van der Waals surface area contributed by atoms with Gasteiger partial charge in [0.05, 0.1) is 4.88 Å². The minimum Gasteiger partial charge on any atom is -0.342 e. The molecule has 0 aliphatic rings. The number of amides is 2. The minimum absolute atomic E-state index is 0.00983. The van der Waals surface area contributed by atoms with Gasteiger partial charge >= 0.3 is 0 Å². The molecule has 1 N–H and O–H groups in total. The molecule has 0 atom stereocenters. The van der Waals surface area contributed by atoms with Crippen molar-refractivity contribution in [1.29, 1.82) is 0 Å². The van der Waals surface area contributed by atoms with E-state index in [0.29, 0.717) is 11.4 Å². The molecule has 0 aliphatic heterocycles. The van der Waals surface area contributed by atoms with Crippen LogP contribution in [0.5, 0.6) is 0 Å². The third kappa shape index (κ3) is 3.45. The molecule has 2 aromatic rings. The van der Waals surface area contributed by atoms with Gasteiger partial charge in [-0.2, -0.15) is 0 Å². The van der Waals surface area contributed by atoms with Gasteiger partial charge in [0.2, 0.25) is 5.91 Å². The van der Waals surface area contributed by atoms with Gasteiger partial charge in [0.25, 0.3) is 5.91 Å². The van der Waals surface area contributed by atoms with Crippen molar-refractivity contribution in [1.82, 2.24) is 4.90 Å². The number of carbonyl (C=O) groups is 2. The fraction of sp³-hybridized carbons (Fsp3) is 0.200. The number of thiophene rings is 1. The predicted octanol–water partition coefficient (Wildman–Crippen LogP) is 2.98. The highest BCUT2D eigenvalue weighted by Gasteiger charge is 2.11. The van der Waals surface area contributed by atoms with Crippen LogP contribution in [0, 0.1) is 0 Å². The predicted molar refractivity (Wildman–Crippen MR) is 80.9 cm³/mol. The molecular weight excluding hydrogens is 272 g/mol. The molecule has 0 bridgehead atoms. The third-order valence-corrected chi connectivity index (χ3v) is 3.82. The molecule has 0 spiro atoms. The molecule has 4 nitrogen and oxygen atoms in total. The Labute approximate surface area is 122 Å². The summed E-state index contributed by atoms with van der Waals surface area (Å²) in [4.78, 5) is 25.6. The Bertz CT molecular complexity index is 608. The van der Waals surface area contributed by atoms with Gasteiger partial charge in [-0.25, -0.2) is 0 Å². The first-order chi connectivity index (χ1) is 9.58. The van der Waals surface area contributed by atoms with Crippen molar-refractivity contribution in [2.75, 3.05) is 12.4 Å². The Balaban J connectivity index is 2.16. The summed E-state index contributed by atoms with van der Waals surface area (Å²) >= 11 is 1.40. The largest absolute Gasteiger partial charge is 0.342 e. The van der Waals surface area contributed by atoms with E-state index in [2.05, 4.69) is 5.32 Å². The minimum atomic E-state index is -0.127. The van der Waals surface area contributed by atoms with Gasteiger partial charge in [0.15, 0.2) is 0 Å². The SMILES string of the molecule is CC(=O)N(C)Cc1ccccc1NC(=O)c1cccs1. The quantitative estimate of drug-likeness (QED) is 0.940. The Morgan fingerprint density at radius 1 is 1.20 bits per heavy atom. The second kappa shape index (κ2) is 6.34. The lowest BCUT2D eigenvalue weighted by molar-refractivity contribution is -0.128. The van der Waals surface area contributed by atoms with Crippen molar-refractivity contribution in [2.24, 2.45) is 0 Å². The summed E-state index contributed by atoms with van der Waals surface area (Å²) in [5.41, 5.74) is 1.65. The van der Waals surface area contributed by atoms with Gasteiger partial charge in [0, 0.05) is 26.2 Å². The molecule has 0 fully saturated rings. The molecule has 5 heteroatoms. The van der Waals surface area contributed by atoms with Gasteiger partial charge in [-0.3, -0.25) is 9.59 Å². The lowest BCUT2D eigenvalue weighted by Gasteiger charge is -2.17. The number of carbonyl (C=O) groups excluding carboxylic acids is 2. The van der Waals surface area contributed by atoms with Crippen LogP contribution < -0.4 is 5.32 Å². The average molecular weight is 288 g/mol. The Morgan fingerprint density at radius 2 is 1.95 bits per heavy atom. The van der Waals surface area contributed by atoms with Gasteiger partial charge in [-0.15, -0.1) is 11.3 Å². The highest BCUT2D eigenvalue weighted by molar-refractivity contribution is 7.12. The number of nitrogens with zero attached hydrogens (tertiary/aromatic N) is 1. The first kappa shape index (κ1) is 14.3. The Morgan fingerprint density at radius 3 is 2.60 bits per heavy atom. The van der Waals surface area contributed by atoms with Crippen LogP contribution in [0.3, 0.4) is 0 Å². The molecule has 0 saturated carbocycles. The first-order valence-corrected chi connectivity index (χ1v) is 7.10. The van der Waals surface area contributed by atoms with E-state index in [0.717, 1.165) is 11.3 Å². The molecule has 1 aromatic carbocycles. The summed E-state index contributed by atoms with van der Waals surface area (Å²) in [5.74, 6) is -0.137. The van der Waals surface area contributed by atoms with E-state index >= 15 is 0 Å². The number of hydrogen-bond acceptors (Lipinski definition) is 3. The topological polar surface area (TPSA) is 49.4 Å². The second-order valence-electron chi connectivity index (χ2n) is 4.46. The lowest BCUT2D eigenvalue weighted by atomic mass is 10.1. The van der Waals surface area contributed by atoms with Crippen LogP contribution in [-0.4, -0.2) is 23.8 Å². The molecule has 2 rings (SSSR count). The summed E-state index contributed by atoms with van der Waals surface area (Å²) in [6.07, 6.45) is 0. The summed E-state index contributed by atoms with van der Waals surface area (Å²) < 4.78 is 0. The van der Waals surface area contributed by atoms with E-state index in [-0.39, 0.29) is 11.8 Å². The summed E-state index contributed by atoms with van der Waals surface area (Å²) in [6.45, 7) is 1.99. The maximum atomic E-state index is 12.1. The molecule has 2 amide bonds. The molecule has 0 saturated heterocycles. The van der Waals surface area contributed by atoms with Crippen LogP contribution in [0.2, 0.25) is 0 Å². The molecule has 0 aliphatic carbocycles. The van der Waals surface area contributed by atoms with Gasteiger partial charge < -0.3 is 10.2 Å². The van der Waals surface area contributed by atoms with Crippen LogP contribution in [0.25, 0.3) is 0 Å². The number of hydrogen-bond donors (Lipinski definition) is 1. The highest BCUT2D eigenvalue weighted by Crippen LogP contribution is 2.19. The van der Waals surface area contributed by atoms with Crippen molar-refractivity contribution in [3.8, 4) is 0 Å². The van der Waals surface area contributed by atoms with Crippen LogP contribution >= 0.6 is 11.3 Å². The monoisotopic (exact) mass is 288 g/mol. The molecule has 0 unspecified atom stereocenters. The van der Waals surface area contributed by atoms with Gasteiger partial charge in [-0.1, -0.05) is 24.3 Å². The smallest absolute Gasteiger partial charge is 0.265 e. The maximum Gasteiger partial charge on any atom is 0.265 e. The fourth-order valence-electron chi connectivity index (χ4n) is 1.74. The molecule has 20 heavy (non-hydrogen) atoms. The second-order valence-corrected chi connectivity index (χ2v) is 5.41. The number of para-hydroxylation sites is 1. The Kier molecular flexibility index (Phi) is 4.53. The van der Waals surface area contributed by atoms with Crippen molar-refractivity contribution in [2.45, 2.75) is 13.5 Å². The summed E-state index contributed by atoms with van der Waals surface area (Å²) in [5, 5.41) is 4.76. The normalized spacial score (nSPS) is 10.1. The Hall–Kier alpha value is -2.14. The van der Waals surface area contributed by atoms with Crippen LogP contribution in [0.1, 0.15) is 22.2 Å². The summed E-state index contributed by atoms with van der Waals surface area (Å²) in [7, 11) is 1.74. The third-order valence-electron chi connectivity index (χ3n) is 2.96. The molecule has 104 valence electrons. The van der Waals surface area contributed by atoms with Gasteiger partial charge in [0.1, 0.15) is 0 Å². The van der Waals surface area contributed by atoms with E-state index in [9.17, 15) is 9.59 Å². The van der Waals surface area contributed by atoms with Crippen LogP contribution in [0.4, 0.5) is 5.69 Å². The van der Waals surface area contributed by atoms with Crippen molar-refractivity contribution in [3.63, 3.8) is 0 Å². The number of benzene rings is 1. The fourth-order valence-corrected chi connectivity index (χ4v) is 2.36. The summed E-state index contributed by atoms with van der Waals surface area (Å²) in [6, 6.07) is 11.1. The molecular formula is C15H16N2O2S. The van der Waals surface area contributed by atoms with E-state index in [1.165, 1.54) is 18.3 Å². The molecule has 0 radical (unpaired) electrons. The van der Waals surface area contributed by atoms with E-state index < -0.39 is 0 Å². The maximum absolute atomic E-state index is 12.1. The molecule has 1 heterocycles. The van der Waals surface area contributed by atoms with Crippen molar-refractivity contribution in [3.05, 3.63) is 52.2 Å². The van der Waals surface area contributed by atoms with Crippen molar-refractivity contribution < 1.29 is 9.59 Å². The standard InChI is InChI=1S/C15H16N2O2S/c1-11(18)17(2)10-12-6-3-4-7-13(12)16-15(19)14-8-5-9-20-14/h3-9H,10H2,1-2H3,(H,16,19). The van der Waals surface area contributed by atoms with E-state index in [1.54, 1.807) is 18.0 Å². The van der Waals surface area contributed by atoms with E-state index in [1.807, 2.05) is 35.7 Å². The van der Waals surface area contributed by atoms with Crippen molar-refractivity contribution >= 4 is 28.8 Å². The first-order valence-electron chi connectivity index (χ1n) is 6.22. The number of anilines is 1. The zero-order chi connectivity index (χ0) is 14.5.